The summed E-state index contributed by atoms with van der Waals surface area (Å²) in [5.41, 5.74) is 0.965. The molecule has 0 aliphatic heterocycles. The number of alkyl halides is 1. The van der Waals surface area contributed by atoms with Crippen LogP contribution < -0.4 is 0 Å². The maximum atomic E-state index is 5.93. The van der Waals surface area contributed by atoms with Crippen LogP contribution in [0.3, 0.4) is 0 Å². The van der Waals surface area contributed by atoms with E-state index in [2.05, 4.69) is 9.97 Å². The molecule has 2 aromatic heterocycles. The number of rotatable bonds is 2. The Kier molecular flexibility index (Phi) is 6.19. The quantitative estimate of drug-likeness (QED) is 0.738. The fourth-order valence-corrected chi connectivity index (χ4v) is 1.21. The highest BCUT2D eigenvalue weighted by molar-refractivity contribution is 6.20. The van der Waals surface area contributed by atoms with Gasteiger partial charge in [0.2, 0.25) is 0 Å². The third-order valence-electron chi connectivity index (χ3n) is 1.93. The number of hydrogen-bond acceptors (Lipinski definition) is 2. The first-order valence-electron chi connectivity index (χ1n) is 5.24. The van der Waals surface area contributed by atoms with Crippen molar-refractivity contribution in [3.63, 3.8) is 0 Å². The highest BCUT2D eigenvalue weighted by Gasteiger charge is 2.03. The Morgan fingerprint density at radius 2 is 1.75 bits per heavy atom. The fraction of sp³-hybridized carbons (Fsp3) is 0.231. The SMILES string of the molecule is CCC(Cl)c1ccccn1.c1ccncc1. The lowest BCUT2D eigenvalue weighted by Crippen LogP contribution is -1.90. The van der Waals surface area contributed by atoms with Crippen molar-refractivity contribution >= 4 is 11.6 Å². The Morgan fingerprint density at radius 1 is 1.06 bits per heavy atom. The largest absolute Gasteiger partial charge is 0.265 e. The van der Waals surface area contributed by atoms with Crippen molar-refractivity contribution < 1.29 is 0 Å². The van der Waals surface area contributed by atoms with Crippen molar-refractivity contribution in [1.29, 1.82) is 0 Å². The minimum Gasteiger partial charge on any atom is -0.265 e. The van der Waals surface area contributed by atoms with Crippen molar-refractivity contribution in [2.24, 2.45) is 0 Å². The van der Waals surface area contributed by atoms with Gasteiger partial charge in [-0.3, -0.25) is 9.97 Å². The molecule has 0 aliphatic carbocycles. The topological polar surface area (TPSA) is 25.8 Å². The Labute approximate surface area is 101 Å². The maximum Gasteiger partial charge on any atom is 0.0754 e. The van der Waals surface area contributed by atoms with Crippen molar-refractivity contribution in [3.8, 4) is 0 Å². The maximum absolute atomic E-state index is 5.93. The van der Waals surface area contributed by atoms with Gasteiger partial charge in [-0.25, -0.2) is 0 Å². The number of aromatic nitrogens is 2. The molecular formula is C13H15ClN2. The first-order valence-corrected chi connectivity index (χ1v) is 5.68. The molecule has 0 spiro atoms. The smallest absolute Gasteiger partial charge is 0.0754 e. The molecule has 84 valence electrons. The third-order valence-corrected chi connectivity index (χ3v) is 2.47. The molecule has 0 saturated carbocycles. The van der Waals surface area contributed by atoms with Crippen molar-refractivity contribution in [1.82, 2.24) is 9.97 Å². The third kappa shape index (κ3) is 4.89. The van der Waals surface area contributed by atoms with Crippen LogP contribution in [0.2, 0.25) is 0 Å². The normalized spacial score (nSPS) is 11.1. The van der Waals surface area contributed by atoms with E-state index in [0.717, 1.165) is 12.1 Å². The Hall–Kier alpha value is -1.41. The highest BCUT2D eigenvalue weighted by atomic mass is 35.5. The molecule has 0 bridgehead atoms. The average Bonchev–Trinajstić information content (AvgIpc) is 2.41. The van der Waals surface area contributed by atoms with Gasteiger partial charge in [0.1, 0.15) is 0 Å². The summed E-state index contributed by atoms with van der Waals surface area (Å²) in [5, 5.41) is 0.0706. The zero-order chi connectivity index (χ0) is 11.6. The molecule has 0 aliphatic rings. The van der Waals surface area contributed by atoms with E-state index in [-0.39, 0.29) is 5.38 Å². The molecule has 1 unspecified atom stereocenters. The van der Waals surface area contributed by atoms with Gasteiger partial charge >= 0.3 is 0 Å². The predicted molar refractivity (Wildman–Crippen MR) is 67.4 cm³/mol. The van der Waals surface area contributed by atoms with Gasteiger partial charge in [-0.1, -0.05) is 19.1 Å². The molecule has 16 heavy (non-hydrogen) atoms. The van der Waals surface area contributed by atoms with Crippen molar-refractivity contribution in [2.75, 3.05) is 0 Å². The molecule has 2 nitrogen and oxygen atoms in total. The summed E-state index contributed by atoms with van der Waals surface area (Å²) in [6, 6.07) is 11.5. The van der Waals surface area contributed by atoms with Crippen LogP contribution in [0.25, 0.3) is 0 Å². The summed E-state index contributed by atoms with van der Waals surface area (Å²) in [7, 11) is 0. The molecule has 0 amide bonds. The molecule has 2 rings (SSSR count). The zero-order valence-electron chi connectivity index (χ0n) is 9.25. The molecule has 0 radical (unpaired) electrons. The number of halogens is 1. The molecular weight excluding hydrogens is 220 g/mol. The van der Waals surface area contributed by atoms with E-state index in [0.29, 0.717) is 0 Å². The van der Waals surface area contributed by atoms with Gasteiger partial charge in [0.25, 0.3) is 0 Å². The zero-order valence-corrected chi connectivity index (χ0v) is 10.0. The van der Waals surface area contributed by atoms with Crippen molar-refractivity contribution in [2.45, 2.75) is 18.7 Å². The van der Waals surface area contributed by atoms with Crippen LogP contribution in [-0.4, -0.2) is 9.97 Å². The number of pyridine rings is 2. The van der Waals surface area contributed by atoms with Crippen LogP contribution in [0.15, 0.2) is 55.0 Å². The van der Waals surface area contributed by atoms with E-state index < -0.39 is 0 Å². The molecule has 2 heterocycles. The molecule has 0 N–H and O–H groups in total. The van der Waals surface area contributed by atoms with E-state index >= 15 is 0 Å². The van der Waals surface area contributed by atoms with Crippen LogP contribution in [-0.2, 0) is 0 Å². The van der Waals surface area contributed by atoms with Crippen LogP contribution in [0.1, 0.15) is 24.4 Å². The minimum atomic E-state index is 0.0706. The predicted octanol–water partition coefficient (Wildman–Crippen LogP) is 3.85. The van der Waals surface area contributed by atoms with E-state index in [1.165, 1.54) is 0 Å². The molecule has 2 aromatic rings. The first-order chi connectivity index (χ1) is 7.84. The summed E-state index contributed by atoms with van der Waals surface area (Å²) in [6.07, 6.45) is 6.19. The molecule has 1 atom stereocenters. The van der Waals surface area contributed by atoms with E-state index in [1.54, 1.807) is 18.6 Å². The van der Waals surface area contributed by atoms with Crippen molar-refractivity contribution in [3.05, 3.63) is 60.7 Å². The van der Waals surface area contributed by atoms with Crippen LogP contribution >= 0.6 is 11.6 Å². The molecule has 0 fully saturated rings. The van der Waals surface area contributed by atoms with Gasteiger partial charge in [-0.2, -0.15) is 0 Å². The molecule has 0 saturated heterocycles. The first kappa shape index (κ1) is 12.7. The van der Waals surface area contributed by atoms with Crippen LogP contribution in [0.4, 0.5) is 0 Å². The van der Waals surface area contributed by atoms with Crippen LogP contribution in [0.5, 0.6) is 0 Å². The minimum absolute atomic E-state index is 0.0706. The summed E-state index contributed by atoms with van der Waals surface area (Å²) < 4.78 is 0. The Bertz CT molecular complexity index is 337. The van der Waals surface area contributed by atoms with Gasteiger partial charge in [0, 0.05) is 18.6 Å². The molecule has 0 aromatic carbocycles. The van der Waals surface area contributed by atoms with Gasteiger partial charge in [0.15, 0.2) is 0 Å². The summed E-state index contributed by atoms with van der Waals surface area (Å²) >= 11 is 5.93. The second kappa shape index (κ2) is 7.83. The fourth-order valence-electron chi connectivity index (χ4n) is 1.08. The highest BCUT2D eigenvalue weighted by Crippen LogP contribution is 2.20. The second-order valence-corrected chi connectivity index (χ2v) is 3.68. The lowest BCUT2D eigenvalue weighted by atomic mass is 10.2. The average molecular weight is 235 g/mol. The monoisotopic (exact) mass is 234 g/mol. The number of nitrogens with zero attached hydrogens (tertiary/aromatic N) is 2. The summed E-state index contributed by atoms with van der Waals surface area (Å²) in [4.78, 5) is 7.90. The lowest BCUT2D eigenvalue weighted by molar-refractivity contribution is 0.847. The van der Waals surface area contributed by atoms with Gasteiger partial charge in [-0.05, 0) is 30.7 Å². The summed E-state index contributed by atoms with van der Waals surface area (Å²) in [5.74, 6) is 0. The Morgan fingerprint density at radius 3 is 2.12 bits per heavy atom. The van der Waals surface area contributed by atoms with Gasteiger partial charge < -0.3 is 0 Å². The van der Waals surface area contributed by atoms with Gasteiger partial charge in [-0.15, -0.1) is 11.6 Å². The van der Waals surface area contributed by atoms with E-state index in [9.17, 15) is 0 Å². The Balaban J connectivity index is 0.000000181. The number of hydrogen-bond donors (Lipinski definition) is 0. The van der Waals surface area contributed by atoms with Gasteiger partial charge in [0.05, 0.1) is 11.1 Å². The second-order valence-electron chi connectivity index (χ2n) is 3.15. The summed E-state index contributed by atoms with van der Waals surface area (Å²) in [6.45, 7) is 2.05. The van der Waals surface area contributed by atoms with E-state index in [4.69, 9.17) is 11.6 Å². The van der Waals surface area contributed by atoms with Crippen LogP contribution in [0, 0.1) is 0 Å². The lowest BCUT2D eigenvalue weighted by Gasteiger charge is -2.02. The van der Waals surface area contributed by atoms with E-state index in [1.807, 2.05) is 43.3 Å². The standard InChI is InChI=1S/C8H10ClN.C5H5N/c1-2-7(9)8-5-3-4-6-10-8;1-2-4-6-5-3-1/h3-7H,2H2,1H3;1-5H. The molecule has 3 heteroatoms.